The van der Waals surface area contributed by atoms with Gasteiger partial charge < -0.3 is 4.57 Å². The number of hydrogen-bond donors (Lipinski definition) is 0. The molecule has 0 aliphatic heterocycles. The lowest BCUT2D eigenvalue weighted by atomic mass is 10.1. The summed E-state index contributed by atoms with van der Waals surface area (Å²) < 4.78 is 5.62. The zero-order valence-electron chi connectivity index (χ0n) is 26.4. The summed E-state index contributed by atoms with van der Waals surface area (Å²) in [6, 6.07) is 19.0. The fourth-order valence-corrected chi connectivity index (χ4v) is 13.1. The van der Waals surface area contributed by atoms with Crippen molar-refractivity contribution in [1.29, 1.82) is 0 Å². The summed E-state index contributed by atoms with van der Waals surface area (Å²) in [5.74, 6) is 0. The van der Waals surface area contributed by atoms with Crippen LogP contribution in [0, 0.1) is 0 Å². The minimum Gasteiger partial charge on any atom is -0.339 e. The van der Waals surface area contributed by atoms with Crippen LogP contribution in [0.5, 0.6) is 0 Å². The van der Waals surface area contributed by atoms with Crippen molar-refractivity contribution >= 4 is 88.5 Å². The monoisotopic (exact) mass is 703 g/mol. The summed E-state index contributed by atoms with van der Waals surface area (Å²) in [5, 5.41) is 4.42. The van der Waals surface area contributed by atoms with Gasteiger partial charge in [0, 0.05) is 45.6 Å². The second kappa shape index (κ2) is 14.4. The first-order valence-electron chi connectivity index (χ1n) is 16.6. The molecule has 0 aliphatic carbocycles. The molecule has 0 radical (unpaired) electrons. The quantitative estimate of drug-likeness (QED) is 0.0937. The molecule has 0 N–H and O–H groups in total. The maximum atomic E-state index is 2.65. The number of fused-ring (bicyclic) bond motifs is 3. The highest BCUT2D eigenvalue weighted by Gasteiger charge is 2.22. The van der Waals surface area contributed by atoms with E-state index in [0.29, 0.717) is 0 Å². The molecule has 234 valence electrons. The molecule has 45 heavy (non-hydrogen) atoms. The third-order valence-corrected chi connectivity index (χ3v) is 15.9. The Hall–Kier alpha value is -2.00. The van der Waals surface area contributed by atoms with Gasteiger partial charge in [0.15, 0.2) is 0 Å². The molecule has 0 aromatic carbocycles. The molecule has 0 saturated heterocycles. The first-order valence-corrected chi connectivity index (χ1v) is 21.6. The minimum absolute atomic E-state index is 1.11. The second-order valence-corrected chi connectivity index (χ2v) is 18.1. The van der Waals surface area contributed by atoms with E-state index in [1.54, 1.807) is 0 Å². The number of aromatic nitrogens is 1. The molecule has 0 spiro atoms. The van der Waals surface area contributed by atoms with Gasteiger partial charge in [-0.05, 0) is 90.4 Å². The van der Waals surface area contributed by atoms with Crippen LogP contribution in [0.4, 0.5) is 0 Å². The van der Waals surface area contributed by atoms with Gasteiger partial charge in [0.2, 0.25) is 0 Å². The van der Waals surface area contributed by atoms with E-state index in [1.165, 1.54) is 128 Å². The van der Waals surface area contributed by atoms with Crippen molar-refractivity contribution in [3.63, 3.8) is 0 Å². The lowest BCUT2D eigenvalue weighted by Gasteiger charge is -2.06. The summed E-state index contributed by atoms with van der Waals surface area (Å²) in [6.45, 7) is 8.03. The minimum atomic E-state index is 1.11. The van der Waals surface area contributed by atoms with Crippen LogP contribution in [0.2, 0.25) is 0 Å². The number of unbranched alkanes of at least 4 members (excludes halogenated alkanes) is 5. The molecule has 0 aliphatic rings. The van der Waals surface area contributed by atoms with Crippen molar-refractivity contribution in [2.24, 2.45) is 0 Å². The predicted octanol–water partition coefficient (Wildman–Crippen LogP) is 15.1. The maximum absolute atomic E-state index is 2.65. The van der Waals surface area contributed by atoms with Crippen LogP contribution < -0.4 is 0 Å². The van der Waals surface area contributed by atoms with Crippen LogP contribution in [-0.4, -0.2) is 4.57 Å². The molecule has 7 aromatic heterocycles. The molecule has 0 unspecified atom stereocenters. The molecular formula is C38H41NS6. The molecule has 0 bridgehead atoms. The van der Waals surface area contributed by atoms with Crippen molar-refractivity contribution in [2.45, 2.75) is 91.5 Å². The van der Waals surface area contributed by atoms with Gasteiger partial charge >= 0.3 is 0 Å². The highest BCUT2D eigenvalue weighted by Crippen LogP contribution is 2.50. The third kappa shape index (κ3) is 6.46. The average Bonchev–Trinajstić information content (AvgIpc) is 3.87. The zero-order valence-corrected chi connectivity index (χ0v) is 31.3. The molecule has 1 nitrogen and oxygen atoms in total. The number of hydrogen-bond acceptors (Lipinski definition) is 6. The van der Waals surface area contributed by atoms with Crippen molar-refractivity contribution in [3.8, 4) is 39.0 Å². The van der Waals surface area contributed by atoms with E-state index in [4.69, 9.17) is 0 Å². The Labute approximate surface area is 291 Å². The van der Waals surface area contributed by atoms with Crippen molar-refractivity contribution < 1.29 is 0 Å². The second-order valence-electron chi connectivity index (χ2n) is 12.0. The van der Waals surface area contributed by atoms with Crippen molar-refractivity contribution in [3.05, 3.63) is 70.4 Å². The van der Waals surface area contributed by atoms with Gasteiger partial charge in [0.05, 0.1) is 20.4 Å². The number of rotatable bonds is 15. The van der Waals surface area contributed by atoms with Gasteiger partial charge in [0.25, 0.3) is 0 Å². The summed E-state index contributed by atoms with van der Waals surface area (Å²) in [4.78, 5) is 11.6. The van der Waals surface area contributed by atoms with Crippen molar-refractivity contribution in [2.75, 3.05) is 0 Å². The number of thiophene rings is 6. The van der Waals surface area contributed by atoms with E-state index in [9.17, 15) is 0 Å². The van der Waals surface area contributed by atoms with Crippen molar-refractivity contribution in [1.82, 2.24) is 4.57 Å². The van der Waals surface area contributed by atoms with Crippen LogP contribution in [0.25, 0.3) is 59.5 Å². The highest BCUT2D eigenvalue weighted by molar-refractivity contribution is 7.33. The third-order valence-electron chi connectivity index (χ3n) is 8.64. The largest absolute Gasteiger partial charge is 0.339 e. The summed E-state index contributed by atoms with van der Waals surface area (Å²) in [5.41, 5.74) is 5.95. The summed E-state index contributed by atoms with van der Waals surface area (Å²) in [7, 11) is 0. The first-order chi connectivity index (χ1) is 22.2. The Balaban J connectivity index is 1.31. The van der Waals surface area contributed by atoms with E-state index in [-0.39, 0.29) is 0 Å². The van der Waals surface area contributed by atoms with Gasteiger partial charge in [-0.3, -0.25) is 0 Å². The van der Waals surface area contributed by atoms with E-state index in [1.807, 2.05) is 68.0 Å². The van der Waals surface area contributed by atoms with Crippen LogP contribution in [-0.2, 0) is 19.4 Å². The Morgan fingerprint density at radius 1 is 0.511 bits per heavy atom. The van der Waals surface area contributed by atoms with E-state index < -0.39 is 0 Å². The number of nitrogens with zero attached hydrogens (tertiary/aromatic N) is 1. The molecule has 7 heterocycles. The highest BCUT2D eigenvalue weighted by atomic mass is 32.1. The van der Waals surface area contributed by atoms with Crippen LogP contribution >= 0.6 is 68.0 Å². The smallest absolute Gasteiger partial charge is 0.0708 e. The molecular weight excluding hydrogens is 663 g/mol. The Bertz CT molecular complexity index is 1970. The SMILES string of the molecule is CCCCCCn1c2cc(-c3cccs3)sc2c2sc(-c3sc(-c4cc(CCCC)c(-c5cccs5)s4)cc3CCCC)cc21. The Kier molecular flexibility index (Phi) is 10.1. The molecule has 0 amide bonds. The average molecular weight is 704 g/mol. The standard InChI is InChI=1S/C38H41NS6/c1-4-7-10-11-18-39-27-23-33(29-16-12-19-40-29)44-37(27)38-28(39)24-34(45-38)36-26(15-9-6-3)22-32(43-36)31-21-25(14-8-5-2)35(42-31)30-17-13-20-41-30/h12-13,16-17,19-24H,4-11,14-15,18H2,1-3H3. The van der Waals surface area contributed by atoms with Gasteiger partial charge in [-0.1, -0.05) is 65.0 Å². The maximum Gasteiger partial charge on any atom is 0.0708 e. The fraction of sp³-hybridized carbons (Fsp3) is 0.368. The molecule has 7 aromatic rings. The van der Waals surface area contributed by atoms with Gasteiger partial charge in [0.1, 0.15) is 0 Å². The summed E-state index contributed by atoms with van der Waals surface area (Å²) >= 11 is 11.8. The van der Waals surface area contributed by atoms with E-state index in [2.05, 4.69) is 84.6 Å². The molecule has 0 saturated carbocycles. The Morgan fingerprint density at radius 3 is 1.62 bits per heavy atom. The van der Waals surface area contributed by atoms with Crippen LogP contribution in [0.1, 0.15) is 83.3 Å². The number of aryl methyl sites for hydroxylation is 3. The first kappa shape index (κ1) is 31.6. The fourth-order valence-electron chi connectivity index (χ4n) is 6.24. The lowest BCUT2D eigenvalue weighted by Crippen LogP contribution is -1.96. The molecule has 7 rings (SSSR count). The molecule has 7 heteroatoms. The normalized spacial score (nSPS) is 12.0. The van der Waals surface area contributed by atoms with E-state index >= 15 is 0 Å². The lowest BCUT2D eigenvalue weighted by molar-refractivity contribution is 0.602. The molecule has 0 atom stereocenters. The van der Waals surface area contributed by atoms with Crippen LogP contribution in [0.3, 0.4) is 0 Å². The van der Waals surface area contributed by atoms with Gasteiger partial charge in [-0.25, -0.2) is 0 Å². The van der Waals surface area contributed by atoms with Gasteiger partial charge in [-0.15, -0.1) is 68.0 Å². The predicted molar refractivity (Wildman–Crippen MR) is 210 cm³/mol. The van der Waals surface area contributed by atoms with E-state index in [0.717, 1.165) is 13.0 Å². The van der Waals surface area contributed by atoms with Gasteiger partial charge in [-0.2, -0.15) is 0 Å². The summed E-state index contributed by atoms with van der Waals surface area (Å²) in [6.07, 6.45) is 12.4. The van der Waals surface area contributed by atoms with Crippen LogP contribution in [0.15, 0.2) is 59.3 Å². The zero-order chi connectivity index (χ0) is 30.8. The Morgan fingerprint density at radius 2 is 1.04 bits per heavy atom. The topological polar surface area (TPSA) is 4.93 Å². The molecule has 0 fully saturated rings.